The molecule has 0 bridgehead atoms. The SMILES string of the molecule is COc1cc(C#N)cc(Oc2ncnc(Cl)c2OC)c1. The van der Waals surface area contributed by atoms with E-state index in [0.29, 0.717) is 17.1 Å². The van der Waals surface area contributed by atoms with E-state index in [-0.39, 0.29) is 16.8 Å². The van der Waals surface area contributed by atoms with Crippen molar-refractivity contribution in [1.29, 1.82) is 5.26 Å². The van der Waals surface area contributed by atoms with Gasteiger partial charge in [-0.1, -0.05) is 11.6 Å². The lowest BCUT2D eigenvalue weighted by Gasteiger charge is -2.10. The van der Waals surface area contributed by atoms with E-state index < -0.39 is 0 Å². The first-order valence-electron chi connectivity index (χ1n) is 5.49. The molecule has 0 aliphatic heterocycles. The molecule has 0 fully saturated rings. The lowest BCUT2D eigenvalue weighted by molar-refractivity contribution is 0.365. The first-order valence-corrected chi connectivity index (χ1v) is 5.87. The smallest absolute Gasteiger partial charge is 0.267 e. The van der Waals surface area contributed by atoms with E-state index in [1.807, 2.05) is 6.07 Å². The molecule has 1 aromatic carbocycles. The molecule has 0 spiro atoms. The highest BCUT2D eigenvalue weighted by molar-refractivity contribution is 6.31. The molecule has 7 heteroatoms. The van der Waals surface area contributed by atoms with E-state index in [2.05, 4.69) is 9.97 Å². The lowest BCUT2D eigenvalue weighted by Crippen LogP contribution is -1.96. The van der Waals surface area contributed by atoms with Gasteiger partial charge in [-0.25, -0.2) is 4.98 Å². The topological polar surface area (TPSA) is 77.3 Å². The quantitative estimate of drug-likeness (QED) is 0.806. The summed E-state index contributed by atoms with van der Waals surface area (Å²) in [5, 5.41) is 9.10. The van der Waals surface area contributed by atoms with Crippen LogP contribution in [-0.4, -0.2) is 24.2 Å². The van der Waals surface area contributed by atoms with Gasteiger partial charge in [0.2, 0.25) is 5.75 Å². The monoisotopic (exact) mass is 291 g/mol. The molecule has 0 atom stereocenters. The number of rotatable bonds is 4. The fraction of sp³-hybridized carbons (Fsp3) is 0.154. The average molecular weight is 292 g/mol. The summed E-state index contributed by atoms with van der Waals surface area (Å²) < 4.78 is 15.8. The van der Waals surface area contributed by atoms with Crippen LogP contribution in [0.15, 0.2) is 24.5 Å². The summed E-state index contributed by atoms with van der Waals surface area (Å²) in [6.07, 6.45) is 1.26. The molecule has 0 saturated carbocycles. The molecule has 2 rings (SSSR count). The largest absolute Gasteiger partial charge is 0.497 e. The zero-order valence-electron chi connectivity index (χ0n) is 10.8. The van der Waals surface area contributed by atoms with Gasteiger partial charge in [-0.05, 0) is 12.1 Å². The number of methoxy groups -OCH3 is 2. The second-order valence-electron chi connectivity index (χ2n) is 3.61. The number of nitrogens with zero attached hydrogens (tertiary/aromatic N) is 3. The van der Waals surface area contributed by atoms with Gasteiger partial charge in [0.05, 0.1) is 25.9 Å². The van der Waals surface area contributed by atoms with Crippen molar-refractivity contribution in [3.05, 3.63) is 35.2 Å². The van der Waals surface area contributed by atoms with Gasteiger partial charge in [0, 0.05) is 6.07 Å². The lowest BCUT2D eigenvalue weighted by atomic mass is 10.2. The Balaban J connectivity index is 2.40. The molecule has 2 aromatic rings. The zero-order valence-corrected chi connectivity index (χ0v) is 11.5. The third kappa shape index (κ3) is 2.90. The molecule has 1 heterocycles. The fourth-order valence-corrected chi connectivity index (χ4v) is 1.71. The molecule has 102 valence electrons. The molecule has 0 aliphatic rings. The highest BCUT2D eigenvalue weighted by Crippen LogP contribution is 2.35. The van der Waals surface area contributed by atoms with Crippen molar-refractivity contribution < 1.29 is 14.2 Å². The van der Waals surface area contributed by atoms with Gasteiger partial charge >= 0.3 is 0 Å². The van der Waals surface area contributed by atoms with Gasteiger partial charge in [0.1, 0.15) is 17.8 Å². The Bertz CT molecular complexity index is 670. The molecule has 0 aliphatic carbocycles. The second kappa shape index (κ2) is 6.08. The summed E-state index contributed by atoms with van der Waals surface area (Å²) in [6.45, 7) is 0. The molecule has 20 heavy (non-hydrogen) atoms. The molecule has 6 nitrogen and oxygen atoms in total. The molecule has 1 aromatic heterocycles. The summed E-state index contributed by atoms with van der Waals surface area (Å²) >= 11 is 5.88. The van der Waals surface area contributed by atoms with E-state index in [4.69, 9.17) is 31.1 Å². The molecule has 0 saturated heterocycles. The van der Waals surface area contributed by atoms with Crippen molar-refractivity contribution in [3.8, 4) is 29.2 Å². The van der Waals surface area contributed by atoms with Crippen LogP contribution in [0.2, 0.25) is 5.15 Å². The molecular formula is C13H10ClN3O3. The van der Waals surface area contributed by atoms with Crippen LogP contribution < -0.4 is 14.2 Å². The van der Waals surface area contributed by atoms with Gasteiger partial charge in [-0.15, -0.1) is 0 Å². The Morgan fingerprint density at radius 1 is 1.10 bits per heavy atom. The van der Waals surface area contributed by atoms with Crippen LogP contribution in [0.25, 0.3) is 0 Å². The van der Waals surface area contributed by atoms with E-state index in [9.17, 15) is 0 Å². The maximum Gasteiger partial charge on any atom is 0.267 e. The van der Waals surface area contributed by atoms with Gasteiger partial charge in [0.25, 0.3) is 5.88 Å². The van der Waals surface area contributed by atoms with Crippen molar-refractivity contribution in [1.82, 2.24) is 9.97 Å². The van der Waals surface area contributed by atoms with Gasteiger partial charge in [0.15, 0.2) is 5.15 Å². The molecule has 0 amide bonds. The van der Waals surface area contributed by atoms with Crippen LogP contribution in [0.5, 0.6) is 23.1 Å². The third-order valence-corrected chi connectivity index (χ3v) is 2.66. The number of aromatic nitrogens is 2. The maximum absolute atomic E-state index is 8.96. The van der Waals surface area contributed by atoms with Gasteiger partial charge in [-0.2, -0.15) is 10.2 Å². The molecule has 0 N–H and O–H groups in total. The van der Waals surface area contributed by atoms with E-state index in [1.54, 1.807) is 18.2 Å². The summed E-state index contributed by atoms with van der Waals surface area (Å²) in [5.41, 5.74) is 0.401. The van der Waals surface area contributed by atoms with E-state index in [1.165, 1.54) is 20.5 Å². The van der Waals surface area contributed by atoms with Crippen LogP contribution in [0.4, 0.5) is 0 Å². The summed E-state index contributed by atoms with van der Waals surface area (Å²) in [4.78, 5) is 7.74. The molecule has 0 unspecified atom stereocenters. The van der Waals surface area contributed by atoms with Crippen LogP contribution in [0, 0.1) is 11.3 Å². The first-order chi connectivity index (χ1) is 9.67. The Labute approximate surface area is 120 Å². The van der Waals surface area contributed by atoms with Crippen LogP contribution in [-0.2, 0) is 0 Å². The van der Waals surface area contributed by atoms with E-state index >= 15 is 0 Å². The average Bonchev–Trinajstić information content (AvgIpc) is 2.47. The number of nitriles is 1. The Morgan fingerprint density at radius 2 is 1.85 bits per heavy atom. The highest BCUT2D eigenvalue weighted by atomic mass is 35.5. The second-order valence-corrected chi connectivity index (χ2v) is 3.97. The van der Waals surface area contributed by atoms with Crippen molar-refractivity contribution in [2.24, 2.45) is 0 Å². The highest BCUT2D eigenvalue weighted by Gasteiger charge is 2.13. The van der Waals surface area contributed by atoms with Crippen molar-refractivity contribution in [3.63, 3.8) is 0 Å². The van der Waals surface area contributed by atoms with Crippen LogP contribution >= 0.6 is 11.6 Å². The number of ether oxygens (including phenoxy) is 3. The Hall–Kier alpha value is -2.52. The first kappa shape index (κ1) is 13.9. The van der Waals surface area contributed by atoms with Crippen molar-refractivity contribution in [2.75, 3.05) is 14.2 Å². The summed E-state index contributed by atoms with van der Waals surface area (Å²) in [5.74, 6) is 1.26. The Morgan fingerprint density at radius 3 is 2.50 bits per heavy atom. The standard InChI is InChI=1S/C13H10ClN3O3/c1-18-9-3-8(6-15)4-10(5-9)20-13-11(19-2)12(14)16-7-17-13/h3-5,7H,1-2H3. The third-order valence-electron chi connectivity index (χ3n) is 2.39. The van der Waals surface area contributed by atoms with Crippen LogP contribution in [0.1, 0.15) is 5.56 Å². The minimum atomic E-state index is 0.140. The summed E-state index contributed by atoms with van der Waals surface area (Å²) in [6, 6.07) is 6.79. The van der Waals surface area contributed by atoms with Gasteiger partial charge in [-0.3, -0.25) is 0 Å². The number of hydrogen-bond donors (Lipinski definition) is 0. The fourth-order valence-electron chi connectivity index (χ4n) is 1.51. The van der Waals surface area contributed by atoms with Crippen LogP contribution in [0.3, 0.4) is 0 Å². The predicted molar refractivity (Wildman–Crippen MR) is 71.4 cm³/mol. The maximum atomic E-state index is 8.96. The minimum Gasteiger partial charge on any atom is -0.497 e. The summed E-state index contributed by atoms with van der Waals surface area (Å²) in [7, 11) is 2.94. The minimum absolute atomic E-state index is 0.140. The predicted octanol–water partition coefficient (Wildman–Crippen LogP) is 2.81. The molecule has 0 radical (unpaired) electrons. The number of hydrogen-bond acceptors (Lipinski definition) is 6. The number of benzene rings is 1. The zero-order chi connectivity index (χ0) is 14.5. The normalized spacial score (nSPS) is 9.70. The van der Waals surface area contributed by atoms with E-state index in [0.717, 1.165) is 0 Å². The van der Waals surface area contributed by atoms with Gasteiger partial charge < -0.3 is 14.2 Å². The Kier molecular flexibility index (Phi) is 4.23. The van der Waals surface area contributed by atoms with Crippen molar-refractivity contribution in [2.45, 2.75) is 0 Å². The number of halogens is 1. The molecular weight excluding hydrogens is 282 g/mol. The van der Waals surface area contributed by atoms with Crippen molar-refractivity contribution >= 4 is 11.6 Å².